The van der Waals surface area contributed by atoms with E-state index in [0.717, 1.165) is 0 Å². The first kappa shape index (κ1) is 11.7. The number of hydrogen-bond donors (Lipinski definition) is 1. The molecule has 16 heavy (non-hydrogen) atoms. The van der Waals surface area contributed by atoms with E-state index in [9.17, 15) is 4.79 Å². The lowest BCUT2D eigenvalue weighted by molar-refractivity contribution is -0.126. The van der Waals surface area contributed by atoms with Crippen molar-refractivity contribution in [1.82, 2.24) is 15.5 Å². The van der Waals surface area contributed by atoms with Gasteiger partial charge < -0.3 is 9.84 Å². The number of halogens is 2. The Morgan fingerprint density at radius 3 is 2.69 bits per heavy atom. The van der Waals surface area contributed by atoms with Crippen molar-refractivity contribution in [2.75, 3.05) is 0 Å². The first-order chi connectivity index (χ1) is 7.35. The Morgan fingerprint density at radius 1 is 1.62 bits per heavy atom. The minimum atomic E-state index is -0.954. The van der Waals surface area contributed by atoms with Crippen molar-refractivity contribution in [3.8, 4) is 0 Å². The molecule has 0 radical (unpaired) electrons. The summed E-state index contributed by atoms with van der Waals surface area (Å²) in [4.78, 5) is 15.7. The molecule has 1 aliphatic carbocycles. The Hall–Kier alpha value is -0.810. The van der Waals surface area contributed by atoms with Gasteiger partial charge in [-0.3, -0.25) is 4.79 Å². The molecule has 1 aliphatic rings. The number of alkyl halides is 2. The van der Waals surface area contributed by atoms with Crippen LogP contribution in [0.4, 0.5) is 0 Å². The van der Waals surface area contributed by atoms with E-state index in [1.165, 1.54) is 0 Å². The van der Waals surface area contributed by atoms with Crippen molar-refractivity contribution >= 4 is 29.1 Å². The number of carbonyl (C=O) groups excluding carboxylic acids is 1. The van der Waals surface area contributed by atoms with E-state index in [1.807, 2.05) is 0 Å². The summed E-state index contributed by atoms with van der Waals surface area (Å²) in [6.45, 7) is 3.63. The van der Waals surface area contributed by atoms with E-state index < -0.39 is 9.75 Å². The van der Waals surface area contributed by atoms with Crippen LogP contribution in [-0.4, -0.2) is 20.4 Å². The first-order valence-electron chi connectivity index (χ1n) is 4.80. The number of nitrogens with zero attached hydrogens (tertiary/aromatic N) is 2. The van der Waals surface area contributed by atoms with E-state index in [2.05, 4.69) is 15.5 Å². The van der Waals surface area contributed by atoms with Gasteiger partial charge in [0.2, 0.25) is 11.8 Å². The van der Waals surface area contributed by atoms with Crippen LogP contribution in [0.25, 0.3) is 0 Å². The van der Waals surface area contributed by atoms with Crippen LogP contribution >= 0.6 is 23.2 Å². The van der Waals surface area contributed by atoms with Gasteiger partial charge in [0.1, 0.15) is 4.33 Å². The van der Waals surface area contributed by atoms with Gasteiger partial charge in [-0.2, -0.15) is 4.98 Å². The zero-order valence-corrected chi connectivity index (χ0v) is 10.4. The Kier molecular flexibility index (Phi) is 2.62. The summed E-state index contributed by atoms with van der Waals surface area (Å²) in [6.07, 6.45) is 0.459. The van der Waals surface area contributed by atoms with Gasteiger partial charge in [-0.15, -0.1) is 23.2 Å². The summed E-state index contributed by atoms with van der Waals surface area (Å²) in [7, 11) is 0. The summed E-state index contributed by atoms with van der Waals surface area (Å²) >= 11 is 11.8. The standard InChI is InChI=1S/C9H11Cl2N3O2/c1-5-13-6(14-16-5)3-12-7(15)8(2)4-9(8,10)11/h3-4H2,1-2H3,(H,12,15)/t8-/m0/s1. The Bertz CT molecular complexity index is 432. The van der Waals surface area contributed by atoms with Gasteiger partial charge in [0.05, 0.1) is 12.0 Å². The fraction of sp³-hybridized carbons (Fsp3) is 0.667. The molecule has 0 unspecified atom stereocenters. The third-order valence-corrected chi connectivity index (χ3v) is 3.84. The minimum Gasteiger partial charge on any atom is -0.348 e. The fourth-order valence-electron chi connectivity index (χ4n) is 1.41. The molecule has 5 nitrogen and oxygen atoms in total. The molecule has 0 aromatic carbocycles. The first-order valence-corrected chi connectivity index (χ1v) is 5.56. The van der Waals surface area contributed by atoms with Crippen molar-refractivity contribution in [2.45, 2.75) is 31.1 Å². The Labute approximate surface area is 102 Å². The molecule has 88 valence electrons. The third-order valence-electron chi connectivity index (χ3n) is 2.74. The predicted molar refractivity (Wildman–Crippen MR) is 58.0 cm³/mol. The second-order valence-corrected chi connectivity index (χ2v) is 5.61. The zero-order chi connectivity index (χ0) is 12.0. The zero-order valence-electron chi connectivity index (χ0n) is 8.88. The Balaban J connectivity index is 1.90. The highest BCUT2D eigenvalue weighted by molar-refractivity contribution is 6.53. The molecular weight excluding hydrogens is 253 g/mol. The number of carbonyl (C=O) groups is 1. The molecule has 1 atom stereocenters. The topological polar surface area (TPSA) is 68.0 Å². The molecule has 0 bridgehead atoms. The molecule has 2 rings (SSSR count). The van der Waals surface area contributed by atoms with Gasteiger partial charge in [-0.1, -0.05) is 5.16 Å². The van der Waals surface area contributed by atoms with Gasteiger partial charge in [-0.25, -0.2) is 0 Å². The highest BCUT2D eigenvalue weighted by Crippen LogP contribution is 2.63. The lowest BCUT2D eigenvalue weighted by Crippen LogP contribution is -2.33. The second-order valence-electron chi connectivity index (χ2n) is 4.13. The molecule has 7 heteroatoms. The molecular formula is C9H11Cl2N3O2. The molecule has 0 saturated heterocycles. The van der Waals surface area contributed by atoms with Gasteiger partial charge >= 0.3 is 0 Å². The molecule has 1 saturated carbocycles. The molecule has 1 aromatic rings. The van der Waals surface area contributed by atoms with E-state index in [4.69, 9.17) is 27.7 Å². The van der Waals surface area contributed by atoms with Gasteiger partial charge in [0, 0.05) is 6.92 Å². The molecule has 1 heterocycles. The smallest absolute Gasteiger partial charge is 0.229 e. The Morgan fingerprint density at radius 2 is 2.25 bits per heavy atom. The highest BCUT2D eigenvalue weighted by Gasteiger charge is 2.67. The highest BCUT2D eigenvalue weighted by atomic mass is 35.5. The quantitative estimate of drug-likeness (QED) is 0.841. The summed E-state index contributed by atoms with van der Waals surface area (Å²) in [5.74, 6) is 0.704. The predicted octanol–water partition coefficient (Wildman–Crippen LogP) is 1.58. The lowest BCUT2D eigenvalue weighted by Gasteiger charge is -2.10. The minimum absolute atomic E-state index is 0.194. The van der Waals surface area contributed by atoms with Crippen LogP contribution in [0.3, 0.4) is 0 Å². The number of nitrogens with one attached hydrogen (secondary N) is 1. The van der Waals surface area contributed by atoms with Crippen molar-refractivity contribution in [3.63, 3.8) is 0 Å². The number of hydrogen-bond acceptors (Lipinski definition) is 4. The SMILES string of the molecule is Cc1nc(CNC(=O)[C@]2(C)CC2(Cl)Cl)no1. The van der Waals surface area contributed by atoms with E-state index in [-0.39, 0.29) is 12.5 Å². The van der Waals surface area contributed by atoms with Gasteiger partial charge in [-0.05, 0) is 13.3 Å². The van der Waals surface area contributed by atoms with Crippen LogP contribution in [0.2, 0.25) is 0 Å². The molecule has 1 fully saturated rings. The van der Waals surface area contributed by atoms with E-state index in [0.29, 0.717) is 18.1 Å². The molecule has 0 spiro atoms. The summed E-state index contributed by atoms with van der Waals surface area (Å²) < 4.78 is 3.82. The van der Waals surface area contributed by atoms with Crippen molar-refractivity contribution in [1.29, 1.82) is 0 Å². The summed E-state index contributed by atoms with van der Waals surface area (Å²) in [5, 5.41) is 6.34. The molecule has 1 N–H and O–H groups in total. The third kappa shape index (κ3) is 1.89. The van der Waals surface area contributed by atoms with Crippen LogP contribution in [0.1, 0.15) is 25.1 Å². The number of aromatic nitrogens is 2. The van der Waals surface area contributed by atoms with Crippen LogP contribution in [-0.2, 0) is 11.3 Å². The van der Waals surface area contributed by atoms with Gasteiger partial charge in [0.25, 0.3) is 0 Å². The number of amides is 1. The normalized spacial score (nSPS) is 26.5. The van der Waals surface area contributed by atoms with Gasteiger partial charge in [0.15, 0.2) is 5.82 Å². The maximum absolute atomic E-state index is 11.8. The number of aryl methyl sites for hydroxylation is 1. The maximum Gasteiger partial charge on any atom is 0.229 e. The van der Waals surface area contributed by atoms with Crippen molar-refractivity contribution in [3.05, 3.63) is 11.7 Å². The van der Waals surface area contributed by atoms with Crippen LogP contribution < -0.4 is 5.32 Å². The molecule has 0 aliphatic heterocycles. The van der Waals surface area contributed by atoms with Crippen molar-refractivity contribution < 1.29 is 9.32 Å². The van der Waals surface area contributed by atoms with E-state index in [1.54, 1.807) is 13.8 Å². The number of rotatable bonds is 3. The largest absolute Gasteiger partial charge is 0.348 e. The maximum atomic E-state index is 11.8. The molecule has 1 amide bonds. The fourth-order valence-corrected chi connectivity index (χ4v) is 2.12. The molecule has 1 aromatic heterocycles. The van der Waals surface area contributed by atoms with Crippen LogP contribution in [0, 0.1) is 12.3 Å². The average Bonchev–Trinajstić information content (AvgIpc) is 2.57. The lowest BCUT2D eigenvalue weighted by atomic mass is 10.1. The monoisotopic (exact) mass is 263 g/mol. The summed E-state index contributed by atoms with van der Waals surface area (Å²) in [6, 6.07) is 0. The van der Waals surface area contributed by atoms with Crippen molar-refractivity contribution in [2.24, 2.45) is 5.41 Å². The van der Waals surface area contributed by atoms with Crippen LogP contribution in [0.5, 0.6) is 0 Å². The summed E-state index contributed by atoms with van der Waals surface area (Å²) in [5.41, 5.74) is -0.713. The second kappa shape index (κ2) is 3.60. The average molecular weight is 264 g/mol. The van der Waals surface area contributed by atoms with Crippen LogP contribution in [0.15, 0.2) is 4.52 Å². The van der Waals surface area contributed by atoms with E-state index >= 15 is 0 Å².